The molecule has 4 nitrogen and oxygen atoms in total. The monoisotopic (exact) mass is 286 g/mol. The Hall–Kier alpha value is -1.62. The molecule has 2 amide bonds. The number of carbonyl (C=O) groups is 2. The predicted octanol–water partition coefficient (Wildman–Crippen LogP) is 1.66. The van der Waals surface area contributed by atoms with Crippen LogP contribution >= 0.6 is 11.6 Å². The molecule has 1 aromatic carbocycles. The quantitative estimate of drug-likeness (QED) is 0.836. The Balaban J connectivity index is 2.45. The summed E-state index contributed by atoms with van der Waals surface area (Å²) in [6.45, 7) is 2.37. The minimum absolute atomic E-state index is 0.120. The van der Waals surface area contributed by atoms with Crippen LogP contribution in [0.3, 0.4) is 0 Å². The number of amides is 2. The van der Waals surface area contributed by atoms with Gasteiger partial charge in [0.1, 0.15) is 5.82 Å². The first-order valence-corrected chi connectivity index (χ1v) is 6.38. The topological polar surface area (TPSA) is 58.2 Å². The van der Waals surface area contributed by atoms with E-state index in [9.17, 15) is 14.0 Å². The van der Waals surface area contributed by atoms with Gasteiger partial charge in [-0.2, -0.15) is 0 Å². The first kappa shape index (κ1) is 15.4. The Morgan fingerprint density at radius 3 is 2.63 bits per heavy atom. The standard InChI is InChI=1S/C13H16ClFN2O2/c1-2-6-16-13(19)8-17-12(18)7-9-10(14)4-3-5-11(9)15/h3-5H,2,6-8H2,1H3,(H,16,19)(H,17,18). The number of halogens is 2. The summed E-state index contributed by atoms with van der Waals surface area (Å²) in [5.41, 5.74) is 0.135. The van der Waals surface area contributed by atoms with Gasteiger partial charge in [0.2, 0.25) is 11.8 Å². The molecule has 1 aromatic rings. The molecule has 2 N–H and O–H groups in total. The number of rotatable bonds is 6. The number of benzene rings is 1. The maximum atomic E-state index is 13.4. The molecule has 1 rings (SSSR count). The van der Waals surface area contributed by atoms with Gasteiger partial charge >= 0.3 is 0 Å². The second-order valence-electron chi connectivity index (χ2n) is 4.00. The maximum absolute atomic E-state index is 13.4. The van der Waals surface area contributed by atoms with Gasteiger partial charge in [0, 0.05) is 17.1 Å². The second-order valence-corrected chi connectivity index (χ2v) is 4.41. The van der Waals surface area contributed by atoms with Crippen LogP contribution in [0.25, 0.3) is 0 Å². The zero-order chi connectivity index (χ0) is 14.3. The van der Waals surface area contributed by atoms with Gasteiger partial charge in [-0.05, 0) is 18.6 Å². The molecule has 0 aliphatic heterocycles. The number of hydrogen-bond acceptors (Lipinski definition) is 2. The van der Waals surface area contributed by atoms with Gasteiger partial charge in [0.25, 0.3) is 0 Å². The van der Waals surface area contributed by atoms with Gasteiger partial charge in [0.15, 0.2) is 0 Å². The van der Waals surface area contributed by atoms with Crippen LogP contribution in [0, 0.1) is 5.82 Å². The van der Waals surface area contributed by atoms with E-state index in [0.717, 1.165) is 6.42 Å². The zero-order valence-electron chi connectivity index (χ0n) is 10.6. The highest BCUT2D eigenvalue weighted by Crippen LogP contribution is 2.19. The number of carbonyl (C=O) groups excluding carboxylic acids is 2. The summed E-state index contributed by atoms with van der Waals surface area (Å²) in [5.74, 6) is -1.24. The third-order valence-electron chi connectivity index (χ3n) is 2.42. The van der Waals surface area contributed by atoms with Gasteiger partial charge in [-0.3, -0.25) is 9.59 Å². The Labute approximate surface area is 116 Å². The number of nitrogens with one attached hydrogen (secondary N) is 2. The average molecular weight is 287 g/mol. The number of hydrogen-bond donors (Lipinski definition) is 2. The molecule has 0 bridgehead atoms. The van der Waals surface area contributed by atoms with Crippen molar-refractivity contribution < 1.29 is 14.0 Å². The fraction of sp³-hybridized carbons (Fsp3) is 0.385. The van der Waals surface area contributed by atoms with Crippen molar-refractivity contribution in [3.05, 3.63) is 34.6 Å². The molecule has 0 aliphatic carbocycles. The molecule has 104 valence electrons. The SMILES string of the molecule is CCCNC(=O)CNC(=O)Cc1c(F)cccc1Cl. The summed E-state index contributed by atoms with van der Waals surface area (Å²) < 4.78 is 13.4. The lowest BCUT2D eigenvalue weighted by molar-refractivity contribution is -0.125. The molecule has 0 heterocycles. The fourth-order valence-electron chi connectivity index (χ4n) is 1.43. The Morgan fingerprint density at radius 2 is 2.00 bits per heavy atom. The Kier molecular flexibility index (Phi) is 6.29. The summed E-state index contributed by atoms with van der Waals surface area (Å²) in [7, 11) is 0. The third-order valence-corrected chi connectivity index (χ3v) is 2.77. The van der Waals surface area contributed by atoms with E-state index in [4.69, 9.17) is 11.6 Å². The zero-order valence-corrected chi connectivity index (χ0v) is 11.4. The molecule has 0 saturated carbocycles. The minimum Gasteiger partial charge on any atom is -0.355 e. The summed E-state index contributed by atoms with van der Waals surface area (Å²) in [6, 6.07) is 4.22. The molecule has 0 saturated heterocycles. The van der Waals surface area contributed by atoms with Gasteiger partial charge in [-0.25, -0.2) is 4.39 Å². The molecule has 0 aliphatic rings. The van der Waals surface area contributed by atoms with Crippen LogP contribution in [0.1, 0.15) is 18.9 Å². The molecular formula is C13H16ClFN2O2. The molecule has 0 radical (unpaired) electrons. The molecular weight excluding hydrogens is 271 g/mol. The summed E-state index contributed by atoms with van der Waals surface area (Å²) in [6.07, 6.45) is 0.636. The van der Waals surface area contributed by atoms with Crippen LogP contribution in [0.4, 0.5) is 4.39 Å². The predicted molar refractivity (Wildman–Crippen MR) is 71.4 cm³/mol. The van der Waals surface area contributed by atoms with E-state index in [1.165, 1.54) is 18.2 Å². The van der Waals surface area contributed by atoms with Crippen LogP contribution in [0.5, 0.6) is 0 Å². The van der Waals surface area contributed by atoms with Crippen LogP contribution in [0.2, 0.25) is 5.02 Å². The van der Waals surface area contributed by atoms with Crippen molar-refractivity contribution in [3.8, 4) is 0 Å². The average Bonchev–Trinajstić information content (AvgIpc) is 2.38. The first-order chi connectivity index (χ1) is 9.04. The normalized spacial score (nSPS) is 10.1. The first-order valence-electron chi connectivity index (χ1n) is 6.01. The highest BCUT2D eigenvalue weighted by atomic mass is 35.5. The van der Waals surface area contributed by atoms with E-state index in [1.54, 1.807) is 0 Å². The van der Waals surface area contributed by atoms with Crippen LogP contribution < -0.4 is 10.6 Å². The summed E-state index contributed by atoms with van der Waals surface area (Å²) in [5, 5.41) is 5.24. The minimum atomic E-state index is -0.530. The highest BCUT2D eigenvalue weighted by molar-refractivity contribution is 6.31. The Morgan fingerprint density at radius 1 is 1.26 bits per heavy atom. The van der Waals surface area contributed by atoms with Gasteiger partial charge < -0.3 is 10.6 Å². The van der Waals surface area contributed by atoms with Crippen molar-refractivity contribution in [2.24, 2.45) is 0 Å². The summed E-state index contributed by atoms with van der Waals surface area (Å²) in [4.78, 5) is 22.8. The maximum Gasteiger partial charge on any atom is 0.239 e. The van der Waals surface area contributed by atoms with E-state index < -0.39 is 11.7 Å². The van der Waals surface area contributed by atoms with Gasteiger partial charge in [0.05, 0.1) is 13.0 Å². The van der Waals surface area contributed by atoms with E-state index in [2.05, 4.69) is 10.6 Å². The van der Waals surface area contributed by atoms with Gasteiger partial charge in [-0.15, -0.1) is 0 Å². The van der Waals surface area contributed by atoms with E-state index in [1.807, 2.05) is 6.92 Å². The van der Waals surface area contributed by atoms with E-state index in [-0.39, 0.29) is 29.5 Å². The second kappa shape index (κ2) is 7.74. The van der Waals surface area contributed by atoms with Crippen LogP contribution in [-0.2, 0) is 16.0 Å². The molecule has 0 aromatic heterocycles. The lowest BCUT2D eigenvalue weighted by Gasteiger charge is -2.07. The molecule has 6 heteroatoms. The molecule has 0 fully saturated rings. The van der Waals surface area contributed by atoms with Crippen molar-refractivity contribution >= 4 is 23.4 Å². The lowest BCUT2D eigenvalue weighted by atomic mass is 10.1. The van der Waals surface area contributed by atoms with Crippen LogP contribution in [0.15, 0.2) is 18.2 Å². The van der Waals surface area contributed by atoms with Crippen molar-refractivity contribution in [2.75, 3.05) is 13.1 Å². The van der Waals surface area contributed by atoms with Crippen LogP contribution in [-0.4, -0.2) is 24.9 Å². The summed E-state index contributed by atoms with van der Waals surface area (Å²) >= 11 is 5.81. The van der Waals surface area contributed by atoms with Crippen molar-refractivity contribution in [2.45, 2.75) is 19.8 Å². The van der Waals surface area contributed by atoms with E-state index >= 15 is 0 Å². The smallest absolute Gasteiger partial charge is 0.239 e. The molecule has 0 unspecified atom stereocenters. The molecule has 19 heavy (non-hydrogen) atoms. The molecule has 0 spiro atoms. The van der Waals surface area contributed by atoms with Crippen molar-refractivity contribution in [1.29, 1.82) is 0 Å². The Bertz CT molecular complexity index is 446. The largest absolute Gasteiger partial charge is 0.355 e. The fourth-order valence-corrected chi connectivity index (χ4v) is 1.66. The van der Waals surface area contributed by atoms with E-state index in [0.29, 0.717) is 6.54 Å². The van der Waals surface area contributed by atoms with Crippen molar-refractivity contribution in [3.63, 3.8) is 0 Å². The van der Waals surface area contributed by atoms with Gasteiger partial charge in [-0.1, -0.05) is 24.6 Å². The lowest BCUT2D eigenvalue weighted by Crippen LogP contribution is -2.37. The highest BCUT2D eigenvalue weighted by Gasteiger charge is 2.12. The van der Waals surface area contributed by atoms with Crippen molar-refractivity contribution in [1.82, 2.24) is 10.6 Å². The third kappa shape index (κ3) is 5.26. The molecule has 0 atom stereocenters.